The lowest BCUT2D eigenvalue weighted by Crippen LogP contribution is -2.35. The minimum Gasteiger partial charge on any atom is -0.331 e. The Labute approximate surface area is 120 Å². The zero-order chi connectivity index (χ0) is 13.9. The zero-order valence-corrected chi connectivity index (χ0v) is 12.3. The predicted molar refractivity (Wildman–Crippen MR) is 78.4 cm³/mol. The topological polar surface area (TPSA) is 47.7 Å². The SMILES string of the molecule is Cc1cnn(CCn2cncc2C2CCCC(C)N2)c1. The fourth-order valence-electron chi connectivity index (χ4n) is 2.98. The van der Waals surface area contributed by atoms with Crippen molar-refractivity contribution in [2.24, 2.45) is 0 Å². The molecule has 0 bridgehead atoms. The summed E-state index contributed by atoms with van der Waals surface area (Å²) in [5, 5.41) is 8.01. The summed E-state index contributed by atoms with van der Waals surface area (Å²) in [6, 6.07) is 1.05. The predicted octanol–water partition coefficient (Wildman–Crippen LogP) is 2.29. The maximum absolute atomic E-state index is 4.34. The van der Waals surface area contributed by atoms with E-state index in [0.717, 1.165) is 13.1 Å². The fourth-order valence-corrected chi connectivity index (χ4v) is 2.98. The maximum atomic E-state index is 4.34. The van der Waals surface area contributed by atoms with Crippen molar-refractivity contribution in [3.05, 3.63) is 36.2 Å². The summed E-state index contributed by atoms with van der Waals surface area (Å²) >= 11 is 0. The van der Waals surface area contributed by atoms with Crippen LogP contribution < -0.4 is 5.32 Å². The molecule has 2 unspecified atom stereocenters. The number of nitrogens with one attached hydrogen (secondary N) is 1. The molecular formula is C15H23N5. The number of aryl methyl sites for hydroxylation is 3. The first kappa shape index (κ1) is 13.4. The van der Waals surface area contributed by atoms with Crippen LogP contribution in [0, 0.1) is 6.92 Å². The van der Waals surface area contributed by atoms with Crippen molar-refractivity contribution in [2.75, 3.05) is 0 Å². The van der Waals surface area contributed by atoms with Gasteiger partial charge in [-0.3, -0.25) is 4.68 Å². The summed E-state index contributed by atoms with van der Waals surface area (Å²) in [5.41, 5.74) is 2.51. The van der Waals surface area contributed by atoms with Crippen LogP contribution >= 0.6 is 0 Å². The molecule has 20 heavy (non-hydrogen) atoms. The highest BCUT2D eigenvalue weighted by Gasteiger charge is 2.21. The van der Waals surface area contributed by atoms with E-state index in [1.807, 2.05) is 23.4 Å². The summed E-state index contributed by atoms with van der Waals surface area (Å²) in [7, 11) is 0. The first-order valence-electron chi connectivity index (χ1n) is 7.47. The Balaban J connectivity index is 1.67. The smallest absolute Gasteiger partial charge is 0.0949 e. The number of imidazole rings is 1. The van der Waals surface area contributed by atoms with E-state index in [4.69, 9.17) is 0 Å². The molecule has 0 amide bonds. The van der Waals surface area contributed by atoms with Gasteiger partial charge in [-0.15, -0.1) is 0 Å². The Morgan fingerprint density at radius 1 is 1.30 bits per heavy atom. The van der Waals surface area contributed by atoms with Crippen LogP contribution in [0.25, 0.3) is 0 Å². The monoisotopic (exact) mass is 273 g/mol. The Hall–Kier alpha value is -1.62. The summed E-state index contributed by atoms with van der Waals surface area (Å²) in [5.74, 6) is 0. The van der Waals surface area contributed by atoms with Crippen molar-refractivity contribution in [1.29, 1.82) is 0 Å². The molecule has 2 atom stereocenters. The lowest BCUT2D eigenvalue weighted by molar-refractivity contribution is 0.327. The molecule has 2 aromatic heterocycles. The highest BCUT2D eigenvalue weighted by Crippen LogP contribution is 2.25. The van der Waals surface area contributed by atoms with Crippen molar-refractivity contribution in [1.82, 2.24) is 24.6 Å². The molecule has 1 N–H and O–H groups in total. The van der Waals surface area contributed by atoms with Crippen molar-refractivity contribution >= 4 is 0 Å². The van der Waals surface area contributed by atoms with Gasteiger partial charge in [0.15, 0.2) is 0 Å². The Morgan fingerprint density at radius 3 is 2.95 bits per heavy atom. The van der Waals surface area contributed by atoms with Crippen LogP contribution in [-0.2, 0) is 13.1 Å². The van der Waals surface area contributed by atoms with Crippen molar-refractivity contribution in [3.63, 3.8) is 0 Å². The Morgan fingerprint density at radius 2 is 2.20 bits per heavy atom. The standard InChI is InChI=1S/C15H23N5/c1-12-8-17-20(10-12)7-6-19-11-16-9-15(19)14-5-3-4-13(2)18-14/h8-11,13-14,18H,3-7H2,1-2H3. The highest BCUT2D eigenvalue weighted by atomic mass is 15.3. The zero-order valence-electron chi connectivity index (χ0n) is 12.3. The maximum Gasteiger partial charge on any atom is 0.0949 e. The molecule has 5 nitrogen and oxygen atoms in total. The average molecular weight is 273 g/mol. The van der Waals surface area contributed by atoms with E-state index in [-0.39, 0.29) is 0 Å². The van der Waals surface area contributed by atoms with E-state index in [0.29, 0.717) is 12.1 Å². The largest absolute Gasteiger partial charge is 0.331 e. The van der Waals surface area contributed by atoms with Gasteiger partial charge in [0.2, 0.25) is 0 Å². The molecule has 1 saturated heterocycles. The Kier molecular flexibility index (Phi) is 3.87. The second-order valence-corrected chi connectivity index (χ2v) is 5.84. The number of nitrogens with zero attached hydrogens (tertiary/aromatic N) is 4. The van der Waals surface area contributed by atoms with E-state index in [1.54, 1.807) is 0 Å². The molecule has 1 aliphatic rings. The van der Waals surface area contributed by atoms with Gasteiger partial charge in [0.05, 0.1) is 24.8 Å². The molecule has 0 saturated carbocycles. The second-order valence-electron chi connectivity index (χ2n) is 5.84. The molecule has 1 aliphatic heterocycles. The van der Waals surface area contributed by atoms with Gasteiger partial charge in [0, 0.05) is 31.0 Å². The van der Waals surface area contributed by atoms with Gasteiger partial charge in [0.25, 0.3) is 0 Å². The third kappa shape index (κ3) is 2.93. The number of piperidine rings is 1. The number of hydrogen-bond acceptors (Lipinski definition) is 3. The van der Waals surface area contributed by atoms with Gasteiger partial charge in [-0.05, 0) is 38.7 Å². The minimum atomic E-state index is 0.445. The lowest BCUT2D eigenvalue weighted by atomic mass is 9.97. The molecule has 0 aromatic carbocycles. The molecule has 0 aliphatic carbocycles. The molecule has 0 spiro atoms. The van der Waals surface area contributed by atoms with Crippen LogP contribution in [0.4, 0.5) is 0 Å². The van der Waals surface area contributed by atoms with Gasteiger partial charge >= 0.3 is 0 Å². The number of aromatic nitrogens is 4. The van der Waals surface area contributed by atoms with Crippen LogP contribution in [0.3, 0.4) is 0 Å². The molecule has 0 radical (unpaired) electrons. The number of hydrogen-bond donors (Lipinski definition) is 1. The van der Waals surface area contributed by atoms with Crippen molar-refractivity contribution in [2.45, 2.75) is 58.3 Å². The van der Waals surface area contributed by atoms with Crippen LogP contribution in [-0.4, -0.2) is 25.4 Å². The van der Waals surface area contributed by atoms with Gasteiger partial charge < -0.3 is 9.88 Å². The number of rotatable bonds is 4. The average Bonchev–Trinajstić information content (AvgIpc) is 3.05. The van der Waals surface area contributed by atoms with E-state index in [1.165, 1.54) is 30.5 Å². The molecule has 3 rings (SSSR count). The van der Waals surface area contributed by atoms with Crippen LogP contribution in [0.15, 0.2) is 24.9 Å². The van der Waals surface area contributed by atoms with E-state index in [2.05, 4.69) is 40.0 Å². The molecule has 108 valence electrons. The molecule has 1 fully saturated rings. The van der Waals surface area contributed by atoms with Gasteiger partial charge in [-0.25, -0.2) is 4.98 Å². The van der Waals surface area contributed by atoms with E-state index in [9.17, 15) is 0 Å². The third-order valence-electron chi connectivity index (χ3n) is 4.05. The minimum absolute atomic E-state index is 0.445. The quantitative estimate of drug-likeness (QED) is 0.929. The van der Waals surface area contributed by atoms with Crippen LogP contribution in [0.2, 0.25) is 0 Å². The lowest BCUT2D eigenvalue weighted by Gasteiger charge is -2.29. The molecular weight excluding hydrogens is 250 g/mol. The van der Waals surface area contributed by atoms with Crippen molar-refractivity contribution in [3.8, 4) is 0 Å². The van der Waals surface area contributed by atoms with Gasteiger partial charge in [-0.1, -0.05) is 0 Å². The Bertz CT molecular complexity index is 556. The van der Waals surface area contributed by atoms with Gasteiger partial charge in [0.1, 0.15) is 0 Å². The highest BCUT2D eigenvalue weighted by molar-refractivity contribution is 5.07. The van der Waals surface area contributed by atoms with Crippen LogP contribution in [0.5, 0.6) is 0 Å². The molecule has 5 heteroatoms. The fraction of sp³-hybridized carbons (Fsp3) is 0.600. The summed E-state index contributed by atoms with van der Waals surface area (Å²) in [6.45, 7) is 6.14. The van der Waals surface area contributed by atoms with Gasteiger partial charge in [-0.2, -0.15) is 5.10 Å². The third-order valence-corrected chi connectivity index (χ3v) is 4.05. The summed E-state index contributed by atoms with van der Waals surface area (Å²) in [4.78, 5) is 4.33. The van der Waals surface area contributed by atoms with E-state index >= 15 is 0 Å². The van der Waals surface area contributed by atoms with Crippen LogP contribution in [0.1, 0.15) is 43.5 Å². The van der Waals surface area contributed by atoms with Crippen molar-refractivity contribution < 1.29 is 0 Å². The summed E-state index contributed by atoms with van der Waals surface area (Å²) < 4.78 is 4.25. The first-order valence-corrected chi connectivity index (χ1v) is 7.47. The molecule has 3 heterocycles. The van der Waals surface area contributed by atoms with E-state index < -0.39 is 0 Å². The second kappa shape index (κ2) is 5.79. The normalized spacial score (nSPS) is 23.1. The molecule has 2 aromatic rings. The summed E-state index contributed by atoms with van der Waals surface area (Å²) in [6.07, 6.45) is 11.7. The first-order chi connectivity index (χ1) is 9.72.